The van der Waals surface area contributed by atoms with E-state index in [1.54, 1.807) is 17.2 Å². The maximum absolute atomic E-state index is 12.5. The number of hydrogen-bond donors (Lipinski definition) is 0. The standard InChI is InChI=1S/C15H12ClN3OS2/c1-2-19-13(20)12(9-10-4-3-5-11(16)8-10)22-15(19)18-14-17-6-7-21-14/h3-9H,2H2,1H3/b12-9-,18-15+. The highest BCUT2D eigenvalue weighted by atomic mass is 35.5. The third-order valence-corrected chi connectivity index (χ3v) is 4.87. The number of aliphatic imine (C=N–C) groups is 1. The van der Waals surface area contributed by atoms with Crippen molar-refractivity contribution in [1.29, 1.82) is 0 Å². The number of rotatable bonds is 3. The molecule has 1 aliphatic rings. The summed E-state index contributed by atoms with van der Waals surface area (Å²) in [7, 11) is 0. The van der Waals surface area contributed by atoms with E-state index < -0.39 is 0 Å². The Bertz CT molecular complexity index is 756. The first-order valence-corrected chi connectivity index (χ1v) is 8.70. The van der Waals surface area contributed by atoms with Crippen LogP contribution in [0.25, 0.3) is 6.08 Å². The summed E-state index contributed by atoms with van der Waals surface area (Å²) >= 11 is 8.79. The number of carbonyl (C=O) groups excluding carboxylic acids is 1. The molecule has 0 N–H and O–H groups in total. The Balaban J connectivity index is 1.93. The first kappa shape index (κ1) is 15.3. The number of halogens is 1. The Morgan fingerprint density at radius 3 is 3.00 bits per heavy atom. The highest BCUT2D eigenvalue weighted by Gasteiger charge is 2.32. The van der Waals surface area contributed by atoms with Crippen LogP contribution in [0.3, 0.4) is 0 Å². The number of hydrogen-bond acceptors (Lipinski definition) is 5. The summed E-state index contributed by atoms with van der Waals surface area (Å²) in [6.45, 7) is 2.50. The lowest BCUT2D eigenvalue weighted by Gasteiger charge is -2.11. The summed E-state index contributed by atoms with van der Waals surface area (Å²) in [5.41, 5.74) is 0.898. The third-order valence-electron chi connectivity index (χ3n) is 2.96. The minimum Gasteiger partial charge on any atom is -0.287 e. The van der Waals surface area contributed by atoms with Crippen molar-refractivity contribution in [2.24, 2.45) is 4.99 Å². The van der Waals surface area contributed by atoms with Crippen LogP contribution in [-0.4, -0.2) is 27.5 Å². The number of nitrogens with zero attached hydrogens (tertiary/aromatic N) is 3. The Kier molecular flexibility index (Phi) is 4.61. The molecule has 0 spiro atoms. The van der Waals surface area contributed by atoms with Crippen LogP contribution in [-0.2, 0) is 4.79 Å². The quantitative estimate of drug-likeness (QED) is 0.770. The number of amidine groups is 1. The highest BCUT2D eigenvalue weighted by Crippen LogP contribution is 2.34. The molecule has 4 nitrogen and oxygen atoms in total. The van der Waals surface area contributed by atoms with Crippen molar-refractivity contribution in [3.63, 3.8) is 0 Å². The maximum Gasteiger partial charge on any atom is 0.266 e. The molecule has 1 amide bonds. The van der Waals surface area contributed by atoms with Crippen LogP contribution in [0.5, 0.6) is 0 Å². The number of thioether (sulfide) groups is 1. The highest BCUT2D eigenvalue weighted by molar-refractivity contribution is 8.18. The zero-order chi connectivity index (χ0) is 15.5. The smallest absolute Gasteiger partial charge is 0.266 e. The van der Waals surface area contributed by atoms with Gasteiger partial charge in [0.15, 0.2) is 5.17 Å². The number of carbonyl (C=O) groups is 1. The molecule has 2 aromatic rings. The second-order valence-corrected chi connectivity index (χ2v) is 6.74. The molecule has 0 atom stereocenters. The van der Waals surface area contributed by atoms with E-state index in [0.717, 1.165) is 5.56 Å². The van der Waals surface area contributed by atoms with Crippen LogP contribution in [0, 0.1) is 0 Å². The normalized spacial score (nSPS) is 18.6. The van der Waals surface area contributed by atoms with Crippen LogP contribution < -0.4 is 0 Å². The molecule has 0 aliphatic carbocycles. The molecule has 0 unspecified atom stereocenters. The van der Waals surface area contributed by atoms with E-state index in [1.807, 2.05) is 36.6 Å². The lowest BCUT2D eigenvalue weighted by Crippen LogP contribution is -2.28. The van der Waals surface area contributed by atoms with Crippen LogP contribution in [0.2, 0.25) is 5.02 Å². The largest absolute Gasteiger partial charge is 0.287 e. The van der Waals surface area contributed by atoms with Crippen molar-refractivity contribution in [3.05, 3.63) is 51.3 Å². The van der Waals surface area contributed by atoms with E-state index >= 15 is 0 Å². The SMILES string of the molecule is CCN1C(=O)/C(=C/c2cccc(Cl)c2)S/C1=N/c1nccs1. The lowest BCUT2D eigenvalue weighted by molar-refractivity contribution is -0.122. The molecule has 2 heterocycles. The lowest BCUT2D eigenvalue weighted by atomic mass is 10.2. The number of benzene rings is 1. The molecular formula is C15H12ClN3OS2. The molecule has 1 aromatic carbocycles. The molecule has 1 fully saturated rings. The molecule has 112 valence electrons. The number of aromatic nitrogens is 1. The Morgan fingerprint density at radius 2 is 2.32 bits per heavy atom. The van der Waals surface area contributed by atoms with Gasteiger partial charge in [-0.1, -0.05) is 23.7 Å². The van der Waals surface area contributed by atoms with Gasteiger partial charge in [0.2, 0.25) is 5.13 Å². The van der Waals surface area contributed by atoms with Crippen LogP contribution >= 0.6 is 34.7 Å². The van der Waals surface area contributed by atoms with E-state index in [1.165, 1.54) is 23.1 Å². The molecule has 7 heteroatoms. The van der Waals surface area contributed by atoms with Gasteiger partial charge in [0.25, 0.3) is 5.91 Å². The third kappa shape index (κ3) is 3.24. The van der Waals surface area contributed by atoms with Gasteiger partial charge in [-0.2, -0.15) is 4.99 Å². The fourth-order valence-corrected chi connectivity index (χ4v) is 3.78. The molecule has 0 saturated carbocycles. The van der Waals surface area contributed by atoms with Gasteiger partial charge in [0, 0.05) is 23.1 Å². The maximum atomic E-state index is 12.5. The minimum atomic E-state index is -0.0391. The van der Waals surface area contributed by atoms with Crippen LogP contribution in [0.15, 0.2) is 45.7 Å². The second kappa shape index (κ2) is 6.64. The zero-order valence-electron chi connectivity index (χ0n) is 11.7. The van der Waals surface area contributed by atoms with Crippen molar-refractivity contribution in [3.8, 4) is 0 Å². The van der Waals surface area contributed by atoms with Gasteiger partial charge in [-0.15, -0.1) is 11.3 Å². The van der Waals surface area contributed by atoms with Gasteiger partial charge < -0.3 is 0 Å². The van der Waals surface area contributed by atoms with Crippen LogP contribution in [0.1, 0.15) is 12.5 Å². The first-order chi connectivity index (χ1) is 10.7. The van der Waals surface area contributed by atoms with Gasteiger partial charge in [-0.3, -0.25) is 9.69 Å². The summed E-state index contributed by atoms with van der Waals surface area (Å²) in [4.78, 5) is 23.4. The zero-order valence-corrected chi connectivity index (χ0v) is 14.1. The number of thiazole rings is 1. The van der Waals surface area contributed by atoms with E-state index in [0.29, 0.717) is 26.8 Å². The number of amides is 1. The molecule has 3 rings (SSSR count). The molecular weight excluding hydrogens is 338 g/mol. The summed E-state index contributed by atoms with van der Waals surface area (Å²) in [6.07, 6.45) is 3.54. The average Bonchev–Trinajstić information content (AvgIpc) is 3.09. The van der Waals surface area contributed by atoms with E-state index in [2.05, 4.69) is 9.98 Å². The van der Waals surface area contributed by atoms with Crippen LogP contribution in [0.4, 0.5) is 5.13 Å². The Morgan fingerprint density at radius 1 is 1.45 bits per heavy atom. The summed E-state index contributed by atoms with van der Waals surface area (Å²) in [6, 6.07) is 7.41. The topological polar surface area (TPSA) is 45.6 Å². The molecule has 1 aliphatic heterocycles. The molecule has 1 aromatic heterocycles. The van der Waals surface area contributed by atoms with Gasteiger partial charge in [0.05, 0.1) is 4.91 Å². The first-order valence-electron chi connectivity index (χ1n) is 6.62. The fraction of sp³-hybridized carbons (Fsp3) is 0.133. The molecule has 0 radical (unpaired) electrons. The predicted octanol–water partition coefficient (Wildman–Crippen LogP) is 4.42. The molecule has 22 heavy (non-hydrogen) atoms. The predicted molar refractivity (Wildman–Crippen MR) is 93.6 cm³/mol. The van der Waals surface area contributed by atoms with Crippen molar-refractivity contribution in [2.45, 2.75) is 6.92 Å². The summed E-state index contributed by atoms with van der Waals surface area (Å²) in [5.74, 6) is -0.0391. The fourth-order valence-electron chi connectivity index (χ4n) is 1.97. The van der Waals surface area contributed by atoms with Crippen molar-refractivity contribution in [2.75, 3.05) is 6.54 Å². The Labute approximate surface area is 141 Å². The average molecular weight is 350 g/mol. The van der Waals surface area contributed by atoms with Gasteiger partial charge in [-0.25, -0.2) is 4.98 Å². The molecule has 0 bridgehead atoms. The number of likely N-dealkylation sites (N-methyl/N-ethyl adjacent to an activating group) is 1. The van der Waals surface area contributed by atoms with E-state index in [9.17, 15) is 4.79 Å². The van der Waals surface area contributed by atoms with Crippen molar-refractivity contribution < 1.29 is 4.79 Å². The van der Waals surface area contributed by atoms with Gasteiger partial charge in [0.1, 0.15) is 0 Å². The Hall–Kier alpha value is -1.63. The van der Waals surface area contributed by atoms with E-state index in [4.69, 9.17) is 11.6 Å². The minimum absolute atomic E-state index is 0.0391. The summed E-state index contributed by atoms with van der Waals surface area (Å²) in [5, 5.41) is 3.82. The van der Waals surface area contributed by atoms with Gasteiger partial charge >= 0.3 is 0 Å². The van der Waals surface area contributed by atoms with Crippen molar-refractivity contribution >= 4 is 57.0 Å². The second-order valence-electron chi connectivity index (χ2n) is 4.42. The monoisotopic (exact) mass is 349 g/mol. The van der Waals surface area contributed by atoms with Crippen molar-refractivity contribution in [1.82, 2.24) is 9.88 Å². The molecule has 1 saturated heterocycles. The van der Waals surface area contributed by atoms with Gasteiger partial charge in [-0.05, 0) is 42.5 Å². The van der Waals surface area contributed by atoms with E-state index in [-0.39, 0.29) is 5.91 Å². The summed E-state index contributed by atoms with van der Waals surface area (Å²) < 4.78 is 0.